The number of anilines is 1. The summed E-state index contributed by atoms with van der Waals surface area (Å²) in [4.78, 5) is 11.7. The number of para-hydroxylation sites is 1. The van der Waals surface area contributed by atoms with Gasteiger partial charge in [-0.2, -0.15) is 5.26 Å². The predicted octanol–water partition coefficient (Wildman–Crippen LogP) is 1.88. The third-order valence-corrected chi connectivity index (χ3v) is 2.24. The smallest absolute Gasteiger partial charge is 0.242 e. The minimum absolute atomic E-state index is 0.0762. The second-order valence-electron chi connectivity index (χ2n) is 4.19. The molecule has 1 aromatic carbocycles. The minimum Gasteiger partial charge on any atom is -0.373 e. The number of hydrogen-bond acceptors (Lipinski definition) is 3. The lowest BCUT2D eigenvalue weighted by molar-refractivity contribution is -0.122. The summed E-state index contributed by atoms with van der Waals surface area (Å²) in [5, 5.41) is 14.8. The number of nitrogens with one attached hydrogen (secondary N) is 2. The molecule has 1 amide bonds. The number of rotatable bonds is 4. The van der Waals surface area contributed by atoms with Gasteiger partial charge in [-0.3, -0.25) is 4.79 Å². The van der Waals surface area contributed by atoms with E-state index < -0.39 is 0 Å². The molecule has 0 saturated heterocycles. The molecule has 0 fully saturated rings. The molecule has 1 atom stereocenters. The third kappa shape index (κ3) is 3.80. The predicted molar refractivity (Wildman–Crippen MR) is 67.5 cm³/mol. The Hall–Kier alpha value is -2.02. The van der Waals surface area contributed by atoms with E-state index in [2.05, 4.69) is 16.7 Å². The fraction of sp³-hybridized carbons (Fsp3) is 0.385. The lowest BCUT2D eigenvalue weighted by Gasteiger charge is -2.17. The highest BCUT2D eigenvalue weighted by molar-refractivity contribution is 5.84. The van der Waals surface area contributed by atoms with Crippen molar-refractivity contribution in [2.75, 3.05) is 5.32 Å². The molecule has 1 rings (SSSR count). The van der Waals surface area contributed by atoms with E-state index in [9.17, 15) is 4.79 Å². The van der Waals surface area contributed by atoms with Gasteiger partial charge in [-0.1, -0.05) is 12.1 Å². The van der Waals surface area contributed by atoms with Crippen molar-refractivity contribution in [1.82, 2.24) is 5.32 Å². The number of amides is 1. The molecule has 90 valence electrons. The molecule has 0 aliphatic carbocycles. The molecule has 4 heteroatoms. The first-order chi connectivity index (χ1) is 8.04. The van der Waals surface area contributed by atoms with Gasteiger partial charge in [0.05, 0.1) is 11.3 Å². The van der Waals surface area contributed by atoms with E-state index >= 15 is 0 Å². The van der Waals surface area contributed by atoms with Gasteiger partial charge in [0.1, 0.15) is 12.1 Å². The van der Waals surface area contributed by atoms with Crippen molar-refractivity contribution in [3.8, 4) is 6.07 Å². The molecule has 0 spiro atoms. The lowest BCUT2D eigenvalue weighted by atomic mass is 10.1. The first-order valence-electron chi connectivity index (χ1n) is 5.60. The average molecular weight is 231 g/mol. The number of benzene rings is 1. The molecule has 0 radical (unpaired) electrons. The van der Waals surface area contributed by atoms with E-state index in [0.717, 1.165) is 0 Å². The molecule has 0 heterocycles. The minimum atomic E-state index is -0.369. The van der Waals surface area contributed by atoms with E-state index in [1.165, 1.54) is 0 Å². The van der Waals surface area contributed by atoms with Crippen molar-refractivity contribution in [3.63, 3.8) is 0 Å². The normalized spacial score (nSPS) is 11.7. The van der Waals surface area contributed by atoms with Crippen LogP contribution in [0.15, 0.2) is 24.3 Å². The van der Waals surface area contributed by atoms with Gasteiger partial charge in [-0.15, -0.1) is 0 Å². The zero-order valence-corrected chi connectivity index (χ0v) is 10.3. The van der Waals surface area contributed by atoms with Crippen LogP contribution in [0.2, 0.25) is 0 Å². The van der Waals surface area contributed by atoms with Crippen LogP contribution in [0.1, 0.15) is 26.3 Å². The van der Waals surface area contributed by atoms with E-state index in [4.69, 9.17) is 5.26 Å². The number of carbonyl (C=O) groups excluding carboxylic acids is 1. The molecule has 0 saturated carbocycles. The summed E-state index contributed by atoms with van der Waals surface area (Å²) < 4.78 is 0. The van der Waals surface area contributed by atoms with Gasteiger partial charge in [0.2, 0.25) is 5.91 Å². The first kappa shape index (κ1) is 13.0. The maximum atomic E-state index is 11.7. The van der Waals surface area contributed by atoms with Crippen molar-refractivity contribution in [3.05, 3.63) is 29.8 Å². The third-order valence-electron chi connectivity index (χ3n) is 2.24. The zero-order chi connectivity index (χ0) is 12.8. The Labute approximate surface area is 102 Å². The second kappa shape index (κ2) is 5.90. The molecule has 0 bridgehead atoms. The first-order valence-corrected chi connectivity index (χ1v) is 5.60. The number of carbonyl (C=O) groups is 1. The van der Waals surface area contributed by atoms with Crippen LogP contribution >= 0.6 is 0 Å². The molecular formula is C13H17N3O. The van der Waals surface area contributed by atoms with Crippen molar-refractivity contribution in [2.45, 2.75) is 32.9 Å². The molecule has 4 nitrogen and oxygen atoms in total. The summed E-state index contributed by atoms with van der Waals surface area (Å²) in [6.45, 7) is 5.59. The van der Waals surface area contributed by atoms with Crippen molar-refractivity contribution >= 4 is 11.6 Å². The topological polar surface area (TPSA) is 64.9 Å². The van der Waals surface area contributed by atoms with Crippen molar-refractivity contribution in [1.29, 1.82) is 5.26 Å². The Bertz CT molecular complexity index is 435. The van der Waals surface area contributed by atoms with Crippen LogP contribution < -0.4 is 10.6 Å². The van der Waals surface area contributed by atoms with Crippen LogP contribution in [0.25, 0.3) is 0 Å². The molecule has 0 aromatic heterocycles. The number of nitrogens with zero attached hydrogens (tertiary/aromatic N) is 1. The average Bonchev–Trinajstić information content (AvgIpc) is 2.28. The quantitative estimate of drug-likeness (QED) is 0.831. The van der Waals surface area contributed by atoms with Crippen LogP contribution in [0, 0.1) is 11.3 Å². The van der Waals surface area contributed by atoms with Crippen LogP contribution in [-0.4, -0.2) is 18.0 Å². The summed E-state index contributed by atoms with van der Waals surface area (Å²) >= 11 is 0. The Morgan fingerprint density at radius 3 is 2.53 bits per heavy atom. The summed E-state index contributed by atoms with van der Waals surface area (Å²) in [6, 6.07) is 8.96. The van der Waals surface area contributed by atoms with Crippen molar-refractivity contribution in [2.24, 2.45) is 0 Å². The summed E-state index contributed by atoms with van der Waals surface area (Å²) in [7, 11) is 0. The van der Waals surface area contributed by atoms with E-state index in [1.807, 2.05) is 19.9 Å². The molecule has 0 aliphatic heterocycles. The highest BCUT2D eigenvalue weighted by Gasteiger charge is 2.14. The largest absolute Gasteiger partial charge is 0.373 e. The zero-order valence-electron chi connectivity index (χ0n) is 10.3. The highest BCUT2D eigenvalue weighted by Crippen LogP contribution is 2.14. The van der Waals surface area contributed by atoms with Crippen LogP contribution in [0.5, 0.6) is 0 Å². The second-order valence-corrected chi connectivity index (χ2v) is 4.19. The Morgan fingerprint density at radius 1 is 1.29 bits per heavy atom. The Morgan fingerprint density at radius 2 is 1.94 bits per heavy atom. The highest BCUT2D eigenvalue weighted by atomic mass is 16.2. The van der Waals surface area contributed by atoms with Gasteiger partial charge >= 0.3 is 0 Å². The monoisotopic (exact) mass is 231 g/mol. The lowest BCUT2D eigenvalue weighted by Crippen LogP contribution is -2.41. The number of nitriles is 1. The number of hydrogen-bond donors (Lipinski definition) is 2. The van der Waals surface area contributed by atoms with Crippen LogP contribution in [0.3, 0.4) is 0 Å². The molecule has 1 unspecified atom stereocenters. The molecule has 1 aromatic rings. The molecule has 2 N–H and O–H groups in total. The Balaban J connectivity index is 2.71. The maximum Gasteiger partial charge on any atom is 0.242 e. The maximum absolute atomic E-state index is 11.7. The van der Waals surface area contributed by atoms with Crippen LogP contribution in [0.4, 0.5) is 5.69 Å². The summed E-state index contributed by atoms with van der Waals surface area (Å²) in [5.74, 6) is -0.0762. The van der Waals surface area contributed by atoms with E-state index in [0.29, 0.717) is 11.3 Å². The van der Waals surface area contributed by atoms with Crippen molar-refractivity contribution < 1.29 is 4.79 Å². The fourth-order valence-electron chi connectivity index (χ4n) is 1.41. The van der Waals surface area contributed by atoms with Gasteiger partial charge in [0, 0.05) is 6.04 Å². The molecule has 17 heavy (non-hydrogen) atoms. The molecule has 0 aliphatic rings. The standard InChI is InChI=1S/C13H17N3O/c1-9(2)15-13(17)10(3)16-12-7-5-4-6-11(12)8-14/h4-7,9-10,16H,1-3H3,(H,15,17). The summed E-state index contributed by atoms with van der Waals surface area (Å²) in [5.41, 5.74) is 1.22. The molecular weight excluding hydrogens is 214 g/mol. The SMILES string of the molecule is CC(C)NC(=O)C(C)Nc1ccccc1C#N. The van der Waals surface area contributed by atoms with E-state index in [1.54, 1.807) is 25.1 Å². The summed E-state index contributed by atoms with van der Waals surface area (Å²) in [6.07, 6.45) is 0. The van der Waals surface area contributed by atoms with Gasteiger partial charge in [-0.25, -0.2) is 0 Å². The fourth-order valence-corrected chi connectivity index (χ4v) is 1.41. The van der Waals surface area contributed by atoms with Gasteiger partial charge in [0.25, 0.3) is 0 Å². The van der Waals surface area contributed by atoms with Crippen LogP contribution in [-0.2, 0) is 4.79 Å². The van der Waals surface area contributed by atoms with Gasteiger partial charge in [-0.05, 0) is 32.9 Å². The Kier molecular flexibility index (Phi) is 4.53. The van der Waals surface area contributed by atoms with Gasteiger partial charge < -0.3 is 10.6 Å². The van der Waals surface area contributed by atoms with Gasteiger partial charge in [0.15, 0.2) is 0 Å². The van der Waals surface area contributed by atoms with E-state index in [-0.39, 0.29) is 18.0 Å².